The number of anilines is 1. The van der Waals surface area contributed by atoms with Crippen molar-refractivity contribution in [1.29, 1.82) is 0 Å². The molecule has 27 heavy (non-hydrogen) atoms. The van der Waals surface area contributed by atoms with Crippen LogP contribution in [0.4, 0.5) is 5.69 Å². The molecule has 0 radical (unpaired) electrons. The lowest BCUT2D eigenvalue weighted by atomic mass is 10.2. The van der Waals surface area contributed by atoms with Crippen molar-refractivity contribution >= 4 is 15.7 Å². The van der Waals surface area contributed by atoms with Crippen molar-refractivity contribution < 1.29 is 17.6 Å². The molecule has 0 atom stereocenters. The van der Waals surface area contributed by atoms with Crippen LogP contribution in [-0.4, -0.2) is 30.7 Å². The topological polar surface area (TPSA) is 110 Å². The zero-order valence-electron chi connectivity index (χ0n) is 15.2. The number of methoxy groups -OCH3 is 1. The van der Waals surface area contributed by atoms with Gasteiger partial charge >= 0.3 is 0 Å². The Balaban J connectivity index is 1.66. The Bertz CT molecular complexity index is 1080. The van der Waals surface area contributed by atoms with Gasteiger partial charge in [-0.05, 0) is 51.0 Å². The van der Waals surface area contributed by atoms with E-state index in [-0.39, 0.29) is 4.90 Å². The van der Waals surface area contributed by atoms with Crippen LogP contribution >= 0.6 is 0 Å². The normalized spacial score (nSPS) is 14.3. The van der Waals surface area contributed by atoms with Crippen molar-refractivity contribution in [3.8, 4) is 17.3 Å². The molecule has 0 amide bonds. The molecule has 0 aliphatic heterocycles. The van der Waals surface area contributed by atoms with Crippen molar-refractivity contribution in [3.63, 3.8) is 0 Å². The lowest BCUT2D eigenvalue weighted by Crippen LogP contribution is -2.14. The highest BCUT2D eigenvalue weighted by molar-refractivity contribution is 7.92. The third-order valence-electron chi connectivity index (χ3n) is 4.56. The van der Waals surface area contributed by atoms with Gasteiger partial charge in [-0.15, -0.1) is 10.2 Å². The molecule has 9 heteroatoms. The summed E-state index contributed by atoms with van der Waals surface area (Å²) in [5.41, 5.74) is 2.03. The second kappa shape index (κ2) is 6.41. The van der Waals surface area contributed by atoms with Crippen molar-refractivity contribution in [2.75, 3.05) is 11.8 Å². The fraction of sp³-hybridized carbons (Fsp3) is 0.333. The number of aromatic amines is 1. The standard InChI is InChI=1S/C18H20N4O4S/c1-10-15(18-21-20-17(26-18)12-4-5-12)19-11(2)16(10)27(23,24)22-13-6-8-14(25-3)9-7-13/h6-9,12,19,22H,4-5H2,1-3H3. The Kier molecular flexibility index (Phi) is 4.18. The van der Waals surface area contributed by atoms with Crippen LogP contribution in [0.2, 0.25) is 0 Å². The number of hydrogen-bond donors (Lipinski definition) is 2. The molecule has 0 unspecified atom stereocenters. The summed E-state index contributed by atoms with van der Waals surface area (Å²) in [5.74, 6) is 1.90. The number of aromatic nitrogens is 3. The van der Waals surface area contributed by atoms with E-state index in [1.54, 1.807) is 45.2 Å². The smallest absolute Gasteiger partial charge is 0.264 e. The third kappa shape index (κ3) is 3.30. The SMILES string of the molecule is COc1ccc(NS(=O)(=O)c2c(C)[nH]c(-c3nnc(C4CC4)o3)c2C)cc1. The Morgan fingerprint density at radius 1 is 1.19 bits per heavy atom. The van der Waals surface area contributed by atoms with Crippen LogP contribution < -0.4 is 9.46 Å². The number of nitrogens with one attached hydrogen (secondary N) is 2. The summed E-state index contributed by atoms with van der Waals surface area (Å²) in [6, 6.07) is 6.68. The van der Waals surface area contributed by atoms with Gasteiger partial charge in [-0.1, -0.05) is 0 Å². The van der Waals surface area contributed by atoms with E-state index in [1.165, 1.54) is 0 Å². The first-order valence-electron chi connectivity index (χ1n) is 8.59. The quantitative estimate of drug-likeness (QED) is 0.670. The molecule has 2 N–H and O–H groups in total. The van der Waals surface area contributed by atoms with E-state index in [9.17, 15) is 8.42 Å². The lowest BCUT2D eigenvalue weighted by Gasteiger charge is -2.09. The first-order chi connectivity index (χ1) is 12.9. The maximum absolute atomic E-state index is 12.9. The highest BCUT2D eigenvalue weighted by Gasteiger charge is 2.31. The van der Waals surface area contributed by atoms with E-state index in [0.29, 0.717) is 46.1 Å². The number of aryl methyl sites for hydroxylation is 1. The molecule has 2 aromatic heterocycles. The number of sulfonamides is 1. The van der Waals surface area contributed by atoms with E-state index in [2.05, 4.69) is 19.9 Å². The number of H-pyrrole nitrogens is 1. The zero-order valence-corrected chi connectivity index (χ0v) is 16.1. The summed E-state index contributed by atoms with van der Waals surface area (Å²) < 4.78 is 39.3. The van der Waals surface area contributed by atoms with Gasteiger partial charge in [-0.25, -0.2) is 8.42 Å². The molecule has 0 spiro atoms. The van der Waals surface area contributed by atoms with Crippen LogP contribution in [0.15, 0.2) is 33.6 Å². The zero-order chi connectivity index (χ0) is 19.2. The molecule has 1 aromatic carbocycles. The number of nitrogens with zero attached hydrogens (tertiary/aromatic N) is 2. The molecular formula is C18H20N4O4S. The Labute approximate surface area is 157 Å². The van der Waals surface area contributed by atoms with Crippen LogP contribution in [0, 0.1) is 13.8 Å². The largest absolute Gasteiger partial charge is 0.497 e. The summed E-state index contributed by atoms with van der Waals surface area (Å²) in [6.07, 6.45) is 2.10. The van der Waals surface area contributed by atoms with Gasteiger partial charge < -0.3 is 14.1 Å². The molecule has 1 fully saturated rings. The van der Waals surface area contributed by atoms with Crippen LogP contribution in [0.5, 0.6) is 5.75 Å². The van der Waals surface area contributed by atoms with Gasteiger partial charge in [0.25, 0.3) is 15.9 Å². The molecule has 1 aliphatic rings. The van der Waals surface area contributed by atoms with Crippen LogP contribution in [0.25, 0.3) is 11.6 Å². The Hall–Kier alpha value is -2.81. The first kappa shape index (κ1) is 17.6. The van der Waals surface area contributed by atoms with Gasteiger partial charge in [0.2, 0.25) is 5.89 Å². The van der Waals surface area contributed by atoms with Crippen molar-refractivity contribution in [3.05, 3.63) is 41.4 Å². The van der Waals surface area contributed by atoms with Crippen molar-refractivity contribution in [2.45, 2.75) is 37.5 Å². The summed E-state index contributed by atoms with van der Waals surface area (Å²) in [5, 5.41) is 8.14. The molecule has 4 rings (SSSR count). The van der Waals surface area contributed by atoms with E-state index >= 15 is 0 Å². The number of rotatable bonds is 6. The molecule has 0 saturated heterocycles. The Morgan fingerprint density at radius 3 is 2.52 bits per heavy atom. The van der Waals surface area contributed by atoms with Gasteiger partial charge in [-0.3, -0.25) is 4.72 Å². The number of ether oxygens (including phenoxy) is 1. The average Bonchev–Trinajstić information content (AvgIpc) is 3.28. The van der Waals surface area contributed by atoms with Gasteiger partial charge in [0.05, 0.1) is 7.11 Å². The first-order valence-corrected chi connectivity index (χ1v) is 10.1. The van der Waals surface area contributed by atoms with E-state index < -0.39 is 10.0 Å². The van der Waals surface area contributed by atoms with Crippen LogP contribution in [0.1, 0.15) is 35.9 Å². The van der Waals surface area contributed by atoms with Crippen molar-refractivity contribution in [1.82, 2.24) is 15.2 Å². The molecular weight excluding hydrogens is 368 g/mol. The van der Waals surface area contributed by atoms with Gasteiger partial charge in [0.15, 0.2) is 0 Å². The highest BCUT2D eigenvalue weighted by atomic mass is 32.2. The molecule has 8 nitrogen and oxygen atoms in total. The van der Waals surface area contributed by atoms with Crippen LogP contribution in [0.3, 0.4) is 0 Å². The summed E-state index contributed by atoms with van der Waals surface area (Å²) in [7, 11) is -2.24. The maximum atomic E-state index is 12.9. The summed E-state index contributed by atoms with van der Waals surface area (Å²) >= 11 is 0. The average molecular weight is 388 g/mol. The summed E-state index contributed by atoms with van der Waals surface area (Å²) in [6.45, 7) is 3.43. The molecule has 1 saturated carbocycles. The molecule has 2 heterocycles. The number of hydrogen-bond acceptors (Lipinski definition) is 6. The minimum absolute atomic E-state index is 0.180. The second-order valence-corrected chi connectivity index (χ2v) is 8.25. The minimum atomic E-state index is -3.79. The molecule has 3 aromatic rings. The monoisotopic (exact) mass is 388 g/mol. The van der Waals surface area contributed by atoms with Crippen molar-refractivity contribution in [2.24, 2.45) is 0 Å². The highest BCUT2D eigenvalue weighted by Crippen LogP contribution is 2.40. The van der Waals surface area contributed by atoms with Crippen LogP contribution in [-0.2, 0) is 10.0 Å². The Morgan fingerprint density at radius 2 is 1.89 bits per heavy atom. The van der Waals surface area contributed by atoms with E-state index in [1.807, 2.05) is 0 Å². The lowest BCUT2D eigenvalue weighted by molar-refractivity contribution is 0.415. The second-order valence-electron chi connectivity index (χ2n) is 6.63. The fourth-order valence-electron chi connectivity index (χ4n) is 3.05. The maximum Gasteiger partial charge on any atom is 0.264 e. The third-order valence-corrected chi connectivity index (χ3v) is 6.21. The van der Waals surface area contributed by atoms with Gasteiger partial charge in [-0.2, -0.15) is 0 Å². The fourth-order valence-corrected chi connectivity index (χ4v) is 4.55. The van der Waals surface area contributed by atoms with Gasteiger partial charge in [0.1, 0.15) is 16.3 Å². The molecule has 142 valence electrons. The minimum Gasteiger partial charge on any atom is -0.497 e. The molecule has 1 aliphatic carbocycles. The van der Waals surface area contributed by atoms with Gasteiger partial charge in [0, 0.05) is 22.9 Å². The predicted octanol–water partition coefficient (Wildman–Crippen LogP) is 3.37. The van der Waals surface area contributed by atoms with E-state index in [4.69, 9.17) is 9.15 Å². The molecule has 0 bridgehead atoms. The number of benzene rings is 1. The van der Waals surface area contributed by atoms with E-state index in [0.717, 1.165) is 12.8 Å². The predicted molar refractivity (Wildman–Crippen MR) is 99.3 cm³/mol. The summed E-state index contributed by atoms with van der Waals surface area (Å²) in [4.78, 5) is 3.26.